The topological polar surface area (TPSA) is 35.5 Å². The van der Waals surface area contributed by atoms with E-state index in [0.29, 0.717) is 0 Å². The Balaban J connectivity index is 0. The largest absolute Gasteiger partial charge is 0.490 e. The molecule has 0 saturated carbocycles. The van der Waals surface area contributed by atoms with Gasteiger partial charge in [0, 0.05) is 46.3 Å². The molecule has 1 rings (SSSR count). The summed E-state index contributed by atoms with van der Waals surface area (Å²) in [6, 6.07) is 0. The second-order valence-corrected chi connectivity index (χ2v) is 4.44. The summed E-state index contributed by atoms with van der Waals surface area (Å²) in [5.41, 5.74) is 0. The van der Waals surface area contributed by atoms with Crippen molar-refractivity contribution in [1.29, 1.82) is 0 Å². The molecular weight excluding hydrogens is 386 g/mol. The van der Waals surface area contributed by atoms with Gasteiger partial charge in [0.1, 0.15) is 0 Å². The summed E-state index contributed by atoms with van der Waals surface area (Å²) in [4.78, 5) is 0. The minimum absolute atomic E-state index is 0. The first kappa shape index (κ1) is 15.9. The van der Waals surface area contributed by atoms with E-state index in [1.165, 1.54) is 6.66 Å². The second-order valence-electron chi connectivity index (χ2n) is 2.50. The molecule has 0 N–H and O–H groups in total. The Morgan fingerprint density at radius 3 is 2.42 bits per heavy atom. The van der Waals surface area contributed by atoms with Crippen LogP contribution in [0.1, 0.15) is 13.8 Å². The average Bonchev–Trinajstić information content (AvgIpc) is 1.79. The maximum absolute atomic E-state index is 11.1. The van der Waals surface area contributed by atoms with E-state index in [2.05, 4.69) is 0 Å². The van der Waals surface area contributed by atoms with Gasteiger partial charge in [-0.25, -0.2) is 12.7 Å². The minimum atomic E-state index is -2.77. The molecule has 1 fully saturated rings. The summed E-state index contributed by atoms with van der Waals surface area (Å²) in [7, 11) is -2.77. The molecule has 0 aromatic heterocycles. The third kappa shape index (κ3) is 4.60. The predicted octanol–water partition coefficient (Wildman–Crippen LogP) is 2.20. The fourth-order valence-corrected chi connectivity index (χ4v) is 1.80. The summed E-state index contributed by atoms with van der Waals surface area (Å²) >= 11 is 0. The van der Waals surface area contributed by atoms with E-state index in [9.17, 15) is 4.57 Å². The van der Waals surface area contributed by atoms with Crippen LogP contribution in [0.5, 0.6) is 0 Å². The summed E-state index contributed by atoms with van der Waals surface area (Å²) in [6.45, 7) is 6.74. The van der Waals surface area contributed by atoms with Gasteiger partial charge < -0.3 is 9.05 Å². The Kier molecular flexibility index (Phi) is 7.95. The van der Waals surface area contributed by atoms with Gasteiger partial charge in [0.05, 0.1) is 0 Å². The van der Waals surface area contributed by atoms with Crippen LogP contribution in [0.15, 0.2) is 0 Å². The predicted molar refractivity (Wildman–Crippen MR) is 38.1 cm³/mol. The second kappa shape index (κ2) is 6.01. The van der Waals surface area contributed by atoms with Crippen molar-refractivity contribution in [2.45, 2.75) is 13.8 Å². The monoisotopic (exact) mass is 397 g/mol. The van der Waals surface area contributed by atoms with Gasteiger partial charge in [-0.1, -0.05) is 0 Å². The molecule has 71 valence electrons. The van der Waals surface area contributed by atoms with E-state index in [1.807, 2.05) is 6.92 Å². The van der Waals surface area contributed by atoms with E-state index >= 15 is 0 Å². The zero-order valence-electron chi connectivity index (χ0n) is 7.18. The fourth-order valence-electron chi connectivity index (χ4n) is 0.664. The molecule has 1 heterocycles. The smallest absolute Gasteiger partial charge is 0.267 e. The zero-order chi connectivity index (χ0) is 7.78. The SMILES string of the molecule is C[C-]1OP(C)(=O)O[CH-]C1C.[V].[W]. The molecule has 2 unspecified atom stereocenters. The Morgan fingerprint density at radius 1 is 1.58 bits per heavy atom. The number of hydrogen-bond acceptors (Lipinski definition) is 3. The van der Waals surface area contributed by atoms with Crippen LogP contribution in [0.2, 0.25) is 0 Å². The molecule has 0 spiro atoms. The summed E-state index contributed by atoms with van der Waals surface area (Å²) in [5.74, 6) is 0.141. The summed E-state index contributed by atoms with van der Waals surface area (Å²) < 4.78 is 20.9. The summed E-state index contributed by atoms with van der Waals surface area (Å²) in [6.07, 6.45) is 0.761. The van der Waals surface area contributed by atoms with E-state index in [-0.39, 0.29) is 45.5 Å². The van der Waals surface area contributed by atoms with Crippen LogP contribution >= 0.6 is 7.60 Å². The molecule has 1 saturated heterocycles. The van der Waals surface area contributed by atoms with Crippen molar-refractivity contribution >= 4 is 7.60 Å². The molecule has 1 aliphatic heterocycles. The Labute approximate surface area is 99.6 Å². The number of hydrogen-bond donors (Lipinski definition) is 0. The van der Waals surface area contributed by atoms with Crippen molar-refractivity contribution < 1.29 is 53.2 Å². The molecular formula is C6H11O3PVW-2. The average molecular weight is 397 g/mol. The van der Waals surface area contributed by atoms with Gasteiger partial charge in [0.2, 0.25) is 0 Å². The standard InChI is InChI=1S/C6H11O3P.V.W/c1-5-4-8-10(3,7)9-6(5)2;;/h4-5H,1-3H3;;/q-2;;. The van der Waals surface area contributed by atoms with Crippen LogP contribution in [-0.2, 0) is 53.2 Å². The van der Waals surface area contributed by atoms with Gasteiger partial charge in [0.15, 0.2) is 0 Å². The fraction of sp³-hybridized carbons (Fsp3) is 0.667. The third-order valence-corrected chi connectivity index (χ3v) is 2.53. The van der Waals surface area contributed by atoms with Crippen LogP contribution in [0.4, 0.5) is 0 Å². The maximum atomic E-state index is 11.1. The minimum Gasteiger partial charge on any atom is -0.490 e. The van der Waals surface area contributed by atoms with Crippen molar-refractivity contribution in [3.63, 3.8) is 0 Å². The van der Waals surface area contributed by atoms with E-state index in [0.717, 1.165) is 6.10 Å². The van der Waals surface area contributed by atoms with Crippen LogP contribution in [0.25, 0.3) is 0 Å². The number of rotatable bonds is 0. The van der Waals surface area contributed by atoms with Crippen molar-refractivity contribution in [2.75, 3.05) is 6.66 Å². The van der Waals surface area contributed by atoms with Crippen molar-refractivity contribution in [2.24, 2.45) is 5.92 Å². The van der Waals surface area contributed by atoms with Gasteiger partial charge in [-0.2, -0.15) is 6.92 Å². The molecule has 6 heteroatoms. The molecule has 1 radical (unpaired) electrons. The van der Waals surface area contributed by atoms with Gasteiger partial charge in [0.25, 0.3) is 7.60 Å². The van der Waals surface area contributed by atoms with Gasteiger partial charge in [-0.3, -0.25) is 10.5 Å². The van der Waals surface area contributed by atoms with Gasteiger partial charge in [-0.15, -0.1) is 6.92 Å². The van der Waals surface area contributed by atoms with E-state index in [1.54, 1.807) is 13.5 Å². The first-order valence-corrected chi connectivity index (χ1v) is 5.12. The van der Waals surface area contributed by atoms with Gasteiger partial charge in [-0.05, 0) is 0 Å². The first-order valence-electron chi connectivity index (χ1n) is 3.13. The maximum Gasteiger partial charge on any atom is 0.267 e. The summed E-state index contributed by atoms with van der Waals surface area (Å²) in [5, 5.41) is 0. The van der Waals surface area contributed by atoms with Gasteiger partial charge >= 0.3 is 0 Å². The van der Waals surface area contributed by atoms with E-state index in [4.69, 9.17) is 9.05 Å². The van der Waals surface area contributed by atoms with Crippen molar-refractivity contribution in [3.05, 3.63) is 12.7 Å². The molecule has 3 nitrogen and oxygen atoms in total. The van der Waals surface area contributed by atoms with E-state index < -0.39 is 7.60 Å². The quantitative estimate of drug-likeness (QED) is 0.465. The molecule has 0 aliphatic carbocycles. The zero-order valence-corrected chi connectivity index (χ0v) is 12.4. The Morgan fingerprint density at radius 2 is 2.08 bits per heavy atom. The van der Waals surface area contributed by atoms with Crippen LogP contribution < -0.4 is 0 Å². The third-order valence-electron chi connectivity index (χ3n) is 1.41. The Bertz CT molecular complexity index is 178. The molecule has 2 atom stereocenters. The molecule has 12 heavy (non-hydrogen) atoms. The molecule has 0 amide bonds. The van der Waals surface area contributed by atoms with Crippen LogP contribution in [0.3, 0.4) is 0 Å². The normalized spacial score (nSPS) is 36.4. The molecule has 1 aliphatic rings. The molecule has 0 aromatic carbocycles. The Hall–Kier alpha value is 1.42. The molecule has 0 bridgehead atoms. The van der Waals surface area contributed by atoms with Crippen LogP contribution in [-0.4, -0.2) is 6.66 Å². The van der Waals surface area contributed by atoms with Crippen molar-refractivity contribution in [1.82, 2.24) is 0 Å². The van der Waals surface area contributed by atoms with Crippen molar-refractivity contribution in [3.8, 4) is 0 Å². The first-order chi connectivity index (χ1) is 4.51. The molecule has 0 aromatic rings. The van der Waals surface area contributed by atoms with Crippen LogP contribution in [0, 0.1) is 18.6 Å².